The molecule has 0 fully saturated rings. The van der Waals surface area contributed by atoms with Crippen LogP contribution in [0.1, 0.15) is 75.4 Å². The van der Waals surface area contributed by atoms with E-state index in [1.807, 2.05) is 36.4 Å². The number of fused-ring (bicyclic) bond motifs is 1. The monoisotopic (exact) mass is 806 g/mol. The van der Waals surface area contributed by atoms with E-state index in [1.165, 1.54) is 35.4 Å². The number of carbonyl (C=O) groups excluding carboxylic acids is 5. The number of thiophene rings is 1. The van der Waals surface area contributed by atoms with Gasteiger partial charge in [0, 0.05) is 33.6 Å². The quantitative estimate of drug-likeness (QED) is 0.0638. The zero-order valence-corrected chi connectivity index (χ0v) is 33.5. The molecule has 5 aromatic rings. The Labute approximate surface area is 338 Å². The number of furan rings is 1. The Bertz CT molecular complexity index is 2260. The lowest BCUT2D eigenvalue weighted by Crippen LogP contribution is -2.39. The molecule has 1 aliphatic heterocycles. The van der Waals surface area contributed by atoms with Crippen molar-refractivity contribution in [1.82, 2.24) is 10.2 Å². The number of hydrogen-bond acceptors (Lipinski definition) is 10. The van der Waals surface area contributed by atoms with E-state index in [4.69, 9.17) is 13.9 Å². The average molecular weight is 807 g/mol. The molecule has 0 saturated heterocycles. The fourth-order valence-corrected chi connectivity index (χ4v) is 8.25. The van der Waals surface area contributed by atoms with E-state index in [1.54, 1.807) is 93.3 Å². The molecule has 1 unspecified atom stereocenters. The van der Waals surface area contributed by atoms with Gasteiger partial charge in [0.25, 0.3) is 11.8 Å². The molecule has 0 aliphatic carbocycles. The van der Waals surface area contributed by atoms with Gasteiger partial charge >= 0.3 is 12.1 Å². The highest BCUT2D eigenvalue weighted by molar-refractivity contribution is 8.00. The van der Waals surface area contributed by atoms with E-state index in [0.717, 1.165) is 10.4 Å². The molecule has 2 aromatic heterocycles. The van der Waals surface area contributed by atoms with Gasteiger partial charge in [-0.1, -0.05) is 54.6 Å². The van der Waals surface area contributed by atoms with Gasteiger partial charge in [-0.25, -0.2) is 9.59 Å². The van der Waals surface area contributed by atoms with Gasteiger partial charge in [-0.2, -0.15) is 0 Å². The third-order valence-electron chi connectivity index (χ3n) is 8.47. The van der Waals surface area contributed by atoms with Crippen LogP contribution >= 0.6 is 23.1 Å². The van der Waals surface area contributed by atoms with Crippen molar-refractivity contribution in [3.63, 3.8) is 0 Å². The number of anilines is 2. The number of ether oxygens (including phenoxy) is 2. The predicted molar refractivity (Wildman–Crippen MR) is 220 cm³/mol. The summed E-state index contributed by atoms with van der Waals surface area (Å²) in [5, 5.41) is 8.11. The van der Waals surface area contributed by atoms with Crippen LogP contribution < -0.4 is 16.0 Å². The maximum Gasteiger partial charge on any atom is 0.410 e. The molecule has 0 radical (unpaired) electrons. The standard InChI is InChI=1S/C43H42N4O8S2/c1-5-53-41(51)35-32-21-22-47(42(52)55-43(2,3)4)26-34(32)57-40(35)46-39(50)36(27-14-8-6-9-15-27)56-31-20-12-18-29(24-31)44-38(49)33(25-30-19-13-23-54-30)45-37(48)28-16-10-7-11-17-28/h6-20,23-25,36H,5,21-22,26H2,1-4H3,(H,44,49)(H,45,48)(H,46,50)/b33-25-. The van der Waals surface area contributed by atoms with Gasteiger partial charge in [-0.15, -0.1) is 23.1 Å². The van der Waals surface area contributed by atoms with Crippen LogP contribution in [0.25, 0.3) is 6.08 Å². The van der Waals surface area contributed by atoms with Crippen molar-refractivity contribution in [2.75, 3.05) is 23.8 Å². The Hall–Kier alpha value is -6.12. The largest absolute Gasteiger partial charge is 0.465 e. The predicted octanol–water partition coefficient (Wildman–Crippen LogP) is 8.69. The fourth-order valence-electron chi connectivity index (χ4n) is 5.91. The minimum atomic E-state index is -0.788. The van der Waals surface area contributed by atoms with Crippen LogP contribution in [-0.4, -0.2) is 53.4 Å². The Morgan fingerprint density at radius 2 is 1.67 bits per heavy atom. The Balaban J connectivity index is 1.24. The van der Waals surface area contributed by atoms with E-state index in [9.17, 15) is 24.0 Å². The number of amides is 4. The van der Waals surface area contributed by atoms with Gasteiger partial charge in [-0.3, -0.25) is 14.4 Å². The molecular weight excluding hydrogens is 765 g/mol. The molecule has 0 bridgehead atoms. The number of thioether (sulfide) groups is 1. The second-order valence-electron chi connectivity index (χ2n) is 13.9. The van der Waals surface area contributed by atoms with Crippen LogP contribution in [0.5, 0.6) is 0 Å². The highest BCUT2D eigenvalue weighted by Gasteiger charge is 2.34. The average Bonchev–Trinajstić information content (AvgIpc) is 3.84. The zero-order chi connectivity index (χ0) is 40.5. The molecule has 1 aliphatic rings. The Morgan fingerprint density at radius 3 is 2.35 bits per heavy atom. The van der Waals surface area contributed by atoms with Crippen molar-refractivity contribution < 1.29 is 37.9 Å². The highest BCUT2D eigenvalue weighted by Crippen LogP contribution is 2.41. The molecule has 3 N–H and O–H groups in total. The molecule has 1 atom stereocenters. The van der Waals surface area contributed by atoms with Gasteiger partial charge in [0.05, 0.1) is 25.0 Å². The lowest BCUT2D eigenvalue weighted by molar-refractivity contribution is -0.116. The second kappa shape index (κ2) is 18.2. The molecule has 0 saturated carbocycles. The van der Waals surface area contributed by atoms with Crippen LogP contribution in [0.3, 0.4) is 0 Å². The van der Waals surface area contributed by atoms with E-state index < -0.39 is 34.7 Å². The van der Waals surface area contributed by atoms with Gasteiger partial charge in [0.1, 0.15) is 27.3 Å². The summed E-state index contributed by atoms with van der Waals surface area (Å²) in [5.41, 5.74) is 1.81. The maximum atomic E-state index is 14.3. The molecule has 4 amide bonds. The van der Waals surface area contributed by atoms with Gasteiger partial charge in [0.2, 0.25) is 5.91 Å². The summed E-state index contributed by atoms with van der Waals surface area (Å²) in [5.74, 6) is -1.63. The summed E-state index contributed by atoms with van der Waals surface area (Å²) < 4.78 is 16.4. The van der Waals surface area contributed by atoms with Crippen molar-refractivity contribution in [3.8, 4) is 0 Å². The van der Waals surface area contributed by atoms with Crippen LogP contribution in [0.4, 0.5) is 15.5 Å². The number of hydrogen-bond donors (Lipinski definition) is 3. The van der Waals surface area contributed by atoms with Crippen LogP contribution in [0, 0.1) is 0 Å². The first-order valence-corrected chi connectivity index (χ1v) is 19.9. The Kier molecular flexibility index (Phi) is 13.0. The lowest BCUT2D eigenvalue weighted by atomic mass is 10.0. The van der Waals surface area contributed by atoms with Crippen LogP contribution in [0.2, 0.25) is 0 Å². The summed E-state index contributed by atoms with van der Waals surface area (Å²) in [6, 6.07) is 28.1. The van der Waals surface area contributed by atoms with E-state index in [0.29, 0.717) is 45.4 Å². The van der Waals surface area contributed by atoms with Crippen molar-refractivity contribution in [1.29, 1.82) is 0 Å². The minimum Gasteiger partial charge on any atom is -0.465 e. The topological polar surface area (TPSA) is 156 Å². The molecule has 3 aromatic carbocycles. The number of esters is 1. The number of carbonyl (C=O) groups is 5. The van der Waals surface area contributed by atoms with Crippen molar-refractivity contribution in [3.05, 3.63) is 142 Å². The number of benzene rings is 3. The van der Waals surface area contributed by atoms with E-state index in [2.05, 4.69) is 16.0 Å². The van der Waals surface area contributed by atoms with Crippen molar-refractivity contribution in [2.45, 2.75) is 56.4 Å². The highest BCUT2D eigenvalue weighted by atomic mass is 32.2. The summed E-state index contributed by atoms with van der Waals surface area (Å²) in [4.78, 5) is 70.3. The summed E-state index contributed by atoms with van der Waals surface area (Å²) >= 11 is 2.49. The first-order chi connectivity index (χ1) is 27.4. The molecule has 12 nitrogen and oxygen atoms in total. The minimum absolute atomic E-state index is 0.0383. The van der Waals surface area contributed by atoms with Gasteiger partial charge < -0.3 is 34.7 Å². The van der Waals surface area contributed by atoms with E-state index >= 15 is 0 Å². The summed E-state index contributed by atoms with van der Waals surface area (Å²) in [6.07, 6.45) is 2.83. The van der Waals surface area contributed by atoms with Crippen LogP contribution in [0.15, 0.2) is 118 Å². The third kappa shape index (κ3) is 10.6. The fraction of sp³-hybridized carbons (Fsp3) is 0.233. The van der Waals surface area contributed by atoms with Gasteiger partial charge in [-0.05, 0) is 87.7 Å². The zero-order valence-electron chi connectivity index (χ0n) is 31.8. The SMILES string of the molecule is CCOC(=O)c1c(NC(=O)C(Sc2cccc(NC(=O)/C(=C/c3ccco3)NC(=O)c3ccccc3)c2)c2ccccc2)sc2c1CCN(C(=O)OC(C)(C)C)C2. The second-order valence-corrected chi connectivity index (χ2v) is 16.1. The number of rotatable bonds is 12. The van der Waals surface area contributed by atoms with E-state index in [-0.39, 0.29) is 30.3 Å². The first-order valence-electron chi connectivity index (χ1n) is 18.2. The van der Waals surface area contributed by atoms with Crippen LogP contribution in [-0.2, 0) is 32.0 Å². The normalized spacial score (nSPS) is 13.2. The Morgan fingerprint density at radius 1 is 0.930 bits per heavy atom. The molecule has 6 rings (SSSR count). The molecular formula is C43H42N4O8S2. The van der Waals surface area contributed by atoms with Gasteiger partial charge in [0.15, 0.2) is 0 Å². The smallest absolute Gasteiger partial charge is 0.410 e. The number of nitrogens with zero attached hydrogens (tertiary/aromatic N) is 1. The van der Waals surface area contributed by atoms with Crippen molar-refractivity contribution in [2.24, 2.45) is 0 Å². The number of nitrogens with one attached hydrogen (secondary N) is 3. The third-order valence-corrected chi connectivity index (χ3v) is 10.8. The van der Waals surface area contributed by atoms with Crippen molar-refractivity contribution >= 4 is 69.6 Å². The molecule has 3 heterocycles. The maximum absolute atomic E-state index is 14.3. The lowest BCUT2D eigenvalue weighted by Gasteiger charge is -2.30. The summed E-state index contributed by atoms with van der Waals surface area (Å²) in [7, 11) is 0. The molecule has 294 valence electrons. The molecule has 0 spiro atoms. The first kappa shape index (κ1) is 40.5. The molecule has 57 heavy (non-hydrogen) atoms. The summed E-state index contributed by atoms with van der Waals surface area (Å²) in [6.45, 7) is 7.84. The molecule has 14 heteroatoms.